The maximum absolute atomic E-state index is 4.70. The zero-order valence-corrected chi connectivity index (χ0v) is 19.9. The molecule has 0 unspecified atom stereocenters. The lowest BCUT2D eigenvalue weighted by atomic mass is 10.3. The van der Waals surface area contributed by atoms with Crippen molar-refractivity contribution in [2.24, 2.45) is 4.99 Å². The standard InChI is InChI=1S/C21H31N7.HI/c1-4-22-21(24-12-8-14-28-18(3)15-17(2)26-28)23-11-7-13-27-16-25-19-9-5-6-10-20(19)27;/h5-6,9-10,15-16H,4,7-8,11-14H2,1-3H3,(H2,22,23,24);1H. The van der Waals surface area contributed by atoms with Gasteiger partial charge in [0.05, 0.1) is 23.1 Å². The average Bonchev–Trinajstić information content (AvgIpc) is 3.24. The summed E-state index contributed by atoms with van der Waals surface area (Å²) in [6, 6.07) is 10.3. The van der Waals surface area contributed by atoms with Crippen LogP contribution in [-0.4, -0.2) is 44.9 Å². The summed E-state index contributed by atoms with van der Waals surface area (Å²) in [5.74, 6) is 0.881. The van der Waals surface area contributed by atoms with E-state index in [0.717, 1.165) is 62.7 Å². The summed E-state index contributed by atoms with van der Waals surface area (Å²) >= 11 is 0. The van der Waals surface area contributed by atoms with Crippen molar-refractivity contribution >= 4 is 41.0 Å². The maximum Gasteiger partial charge on any atom is 0.191 e. The van der Waals surface area contributed by atoms with Gasteiger partial charge in [-0.25, -0.2) is 4.98 Å². The molecule has 0 saturated heterocycles. The fourth-order valence-electron chi connectivity index (χ4n) is 3.30. The minimum absolute atomic E-state index is 0. The minimum atomic E-state index is 0. The Morgan fingerprint density at radius 1 is 1.10 bits per heavy atom. The SMILES string of the molecule is CCNC(=NCCCn1cnc2ccccc21)NCCCn1nc(C)cc1C.I. The highest BCUT2D eigenvalue weighted by atomic mass is 127. The zero-order chi connectivity index (χ0) is 19.8. The Kier molecular flexibility index (Phi) is 9.43. The monoisotopic (exact) mass is 509 g/mol. The number of imidazole rings is 1. The molecule has 0 radical (unpaired) electrons. The minimum Gasteiger partial charge on any atom is -0.357 e. The van der Waals surface area contributed by atoms with Crippen molar-refractivity contribution in [3.8, 4) is 0 Å². The highest BCUT2D eigenvalue weighted by Gasteiger charge is 2.03. The summed E-state index contributed by atoms with van der Waals surface area (Å²) in [6.45, 7) is 10.6. The molecule has 2 aromatic heterocycles. The number of guanidine groups is 1. The second-order valence-electron chi connectivity index (χ2n) is 6.97. The summed E-state index contributed by atoms with van der Waals surface area (Å²) < 4.78 is 4.26. The van der Waals surface area contributed by atoms with E-state index in [0.29, 0.717) is 0 Å². The molecule has 3 aromatic rings. The molecule has 158 valence electrons. The molecule has 29 heavy (non-hydrogen) atoms. The number of aryl methyl sites for hydroxylation is 4. The van der Waals surface area contributed by atoms with Crippen LogP contribution in [0.5, 0.6) is 0 Å². The molecule has 7 nitrogen and oxygen atoms in total. The number of rotatable bonds is 9. The summed E-state index contributed by atoms with van der Waals surface area (Å²) in [5, 5.41) is 11.2. The molecule has 0 amide bonds. The van der Waals surface area contributed by atoms with Gasteiger partial charge in [-0.1, -0.05) is 12.1 Å². The van der Waals surface area contributed by atoms with E-state index in [1.165, 1.54) is 11.2 Å². The van der Waals surface area contributed by atoms with Gasteiger partial charge in [0.2, 0.25) is 0 Å². The van der Waals surface area contributed by atoms with E-state index >= 15 is 0 Å². The molecule has 0 aliphatic heterocycles. The number of fused-ring (bicyclic) bond motifs is 1. The van der Waals surface area contributed by atoms with Gasteiger partial charge >= 0.3 is 0 Å². The van der Waals surface area contributed by atoms with Gasteiger partial charge in [-0.15, -0.1) is 24.0 Å². The first kappa shape index (κ1) is 23.2. The molecule has 1 aromatic carbocycles. The second-order valence-corrected chi connectivity index (χ2v) is 6.97. The molecule has 0 atom stereocenters. The summed E-state index contributed by atoms with van der Waals surface area (Å²) in [4.78, 5) is 9.14. The molecule has 0 spiro atoms. The van der Waals surface area contributed by atoms with Crippen molar-refractivity contribution in [3.05, 3.63) is 48.0 Å². The quantitative estimate of drug-likeness (QED) is 0.201. The van der Waals surface area contributed by atoms with Gasteiger partial charge in [-0.05, 0) is 51.8 Å². The molecule has 0 fully saturated rings. The fraction of sp³-hybridized carbons (Fsp3) is 0.476. The highest BCUT2D eigenvalue weighted by Crippen LogP contribution is 2.12. The third-order valence-electron chi connectivity index (χ3n) is 4.64. The van der Waals surface area contributed by atoms with E-state index in [9.17, 15) is 0 Å². The van der Waals surface area contributed by atoms with E-state index in [-0.39, 0.29) is 24.0 Å². The third kappa shape index (κ3) is 6.73. The lowest BCUT2D eigenvalue weighted by molar-refractivity contribution is 0.555. The molecule has 2 N–H and O–H groups in total. The largest absolute Gasteiger partial charge is 0.357 e. The molecule has 0 bridgehead atoms. The predicted molar refractivity (Wildman–Crippen MR) is 130 cm³/mol. The second kappa shape index (κ2) is 11.8. The molecule has 0 saturated carbocycles. The van der Waals surface area contributed by atoms with Crippen molar-refractivity contribution in [3.63, 3.8) is 0 Å². The molecular formula is C21H32IN7. The number of halogens is 1. The number of nitrogens with zero attached hydrogens (tertiary/aromatic N) is 5. The Hall–Kier alpha value is -2.10. The molecule has 3 rings (SSSR count). The fourth-order valence-corrected chi connectivity index (χ4v) is 3.30. The number of aromatic nitrogens is 4. The number of hydrogen-bond donors (Lipinski definition) is 2. The molecule has 8 heteroatoms. The molecule has 0 aliphatic rings. The topological polar surface area (TPSA) is 72.1 Å². The maximum atomic E-state index is 4.70. The molecule has 0 aliphatic carbocycles. The Bertz CT molecular complexity index is 913. The van der Waals surface area contributed by atoms with Crippen molar-refractivity contribution in [1.29, 1.82) is 0 Å². The van der Waals surface area contributed by atoms with Crippen LogP contribution in [0.4, 0.5) is 0 Å². The average molecular weight is 509 g/mol. The van der Waals surface area contributed by atoms with Crippen molar-refractivity contribution in [2.75, 3.05) is 19.6 Å². The van der Waals surface area contributed by atoms with Crippen LogP contribution in [0, 0.1) is 13.8 Å². The molecular weight excluding hydrogens is 477 g/mol. The van der Waals surface area contributed by atoms with Crippen LogP contribution in [-0.2, 0) is 13.1 Å². The van der Waals surface area contributed by atoms with Gasteiger partial charge in [-0.3, -0.25) is 9.67 Å². The zero-order valence-electron chi connectivity index (χ0n) is 17.6. The first-order chi connectivity index (χ1) is 13.7. The van der Waals surface area contributed by atoms with Gasteiger partial charge in [0.1, 0.15) is 0 Å². The predicted octanol–water partition coefficient (Wildman–Crippen LogP) is 3.50. The van der Waals surface area contributed by atoms with Gasteiger partial charge in [0.25, 0.3) is 0 Å². The number of para-hydroxylation sites is 2. The van der Waals surface area contributed by atoms with Crippen molar-refractivity contribution in [2.45, 2.75) is 46.7 Å². The van der Waals surface area contributed by atoms with E-state index in [1.807, 2.05) is 25.4 Å². The van der Waals surface area contributed by atoms with Gasteiger partial charge < -0.3 is 15.2 Å². The number of hydrogen-bond acceptors (Lipinski definition) is 3. The van der Waals surface area contributed by atoms with Crippen molar-refractivity contribution < 1.29 is 0 Å². The Labute approximate surface area is 190 Å². The summed E-state index contributed by atoms with van der Waals surface area (Å²) in [6.07, 6.45) is 3.90. The van der Waals surface area contributed by atoms with Crippen LogP contribution in [0.25, 0.3) is 11.0 Å². The molecule has 2 heterocycles. The van der Waals surface area contributed by atoms with Crippen LogP contribution in [0.3, 0.4) is 0 Å². The van der Waals surface area contributed by atoms with Gasteiger partial charge in [-0.2, -0.15) is 5.10 Å². The number of aliphatic imine (C=N–C) groups is 1. The van der Waals surface area contributed by atoms with Crippen LogP contribution >= 0.6 is 24.0 Å². The van der Waals surface area contributed by atoms with Crippen LogP contribution < -0.4 is 10.6 Å². The smallest absolute Gasteiger partial charge is 0.191 e. The van der Waals surface area contributed by atoms with Crippen LogP contribution in [0.2, 0.25) is 0 Å². The van der Waals surface area contributed by atoms with Crippen LogP contribution in [0.15, 0.2) is 41.7 Å². The van der Waals surface area contributed by atoms with Gasteiger partial charge in [0, 0.05) is 38.4 Å². The van der Waals surface area contributed by atoms with E-state index in [1.54, 1.807) is 0 Å². The van der Waals surface area contributed by atoms with E-state index in [4.69, 9.17) is 4.99 Å². The number of benzene rings is 1. The summed E-state index contributed by atoms with van der Waals surface area (Å²) in [5.41, 5.74) is 4.51. The van der Waals surface area contributed by atoms with E-state index < -0.39 is 0 Å². The Morgan fingerprint density at radius 2 is 1.93 bits per heavy atom. The van der Waals surface area contributed by atoms with Gasteiger partial charge in [0.15, 0.2) is 5.96 Å². The van der Waals surface area contributed by atoms with E-state index in [2.05, 4.69) is 62.0 Å². The third-order valence-corrected chi connectivity index (χ3v) is 4.64. The highest BCUT2D eigenvalue weighted by molar-refractivity contribution is 14.0. The Morgan fingerprint density at radius 3 is 2.69 bits per heavy atom. The Balaban J connectivity index is 0.00000300. The first-order valence-corrected chi connectivity index (χ1v) is 10.1. The summed E-state index contributed by atoms with van der Waals surface area (Å²) in [7, 11) is 0. The lowest BCUT2D eigenvalue weighted by Gasteiger charge is -2.12. The van der Waals surface area contributed by atoms with Crippen molar-refractivity contribution in [1.82, 2.24) is 30.0 Å². The normalized spacial score (nSPS) is 11.5. The first-order valence-electron chi connectivity index (χ1n) is 10.1. The van der Waals surface area contributed by atoms with Crippen LogP contribution in [0.1, 0.15) is 31.2 Å². The number of nitrogens with one attached hydrogen (secondary N) is 2. The lowest BCUT2D eigenvalue weighted by Crippen LogP contribution is -2.38.